The SMILES string of the molecule is CN1CCN(Cc2c(F)ccc(Cl)c2Cl)C1=O. The van der Waals surface area contributed by atoms with Crippen molar-refractivity contribution in [1.82, 2.24) is 9.80 Å². The van der Waals surface area contributed by atoms with E-state index in [-0.39, 0.29) is 23.2 Å². The zero-order valence-electron chi connectivity index (χ0n) is 9.21. The maximum Gasteiger partial charge on any atom is 0.320 e. The molecule has 0 saturated carbocycles. The van der Waals surface area contributed by atoms with Crippen LogP contribution in [-0.4, -0.2) is 36.0 Å². The number of hydrogen-bond acceptors (Lipinski definition) is 1. The molecular formula is C11H11Cl2FN2O. The molecule has 0 aliphatic carbocycles. The Labute approximate surface area is 109 Å². The Kier molecular flexibility index (Phi) is 3.45. The summed E-state index contributed by atoms with van der Waals surface area (Å²) in [5, 5.41) is 0.470. The van der Waals surface area contributed by atoms with E-state index in [1.807, 2.05) is 0 Å². The van der Waals surface area contributed by atoms with Gasteiger partial charge in [0.05, 0.1) is 16.6 Å². The summed E-state index contributed by atoms with van der Waals surface area (Å²) >= 11 is 11.8. The van der Waals surface area contributed by atoms with E-state index in [0.29, 0.717) is 18.1 Å². The van der Waals surface area contributed by atoms with Gasteiger partial charge in [-0.1, -0.05) is 23.2 Å². The van der Waals surface area contributed by atoms with E-state index in [1.54, 1.807) is 16.8 Å². The lowest BCUT2D eigenvalue weighted by Gasteiger charge is -2.17. The quantitative estimate of drug-likeness (QED) is 0.762. The number of likely N-dealkylation sites (N-methyl/N-ethyl adjacent to an activating group) is 1. The zero-order valence-corrected chi connectivity index (χ0v) is 10.7. The van der Waals surface area contributed by atoms with Crippen molar-refractivity contribution in [2.45, 2.75) is 6.54 Å². The summed E-state index contributed by atoms with van der Waals surface area (Å²) < 4.78 is 13.6. The molecule has 1 aliphatic rings. The molecule has 0 radical (unpaired) electrons. The molecule has 0 aromatic heterocycles. The van der Waals surface area contributed by atoms with Gasteiger partial charge in [-0.15, -0.1) is 0 Å². The fourth-order valence-electron chi connectivity index (χ4n) is 1.75. The second kappa shape index (κ2) is 4.70. The van der Waals surface area contributed by atoms with E-state index in [1.165, 1.54) is 12.1 Å². The lowest BCUT2D eigenvalue weighted by molar-refractivity contribution is 0.196. The largest absolute Gasteiger partial charge is 0.326 e. The van der Waals surface area contributed by atoms with Crippen LogP contribution in [0.2, 0.25) is 10.0 Å². The van der Waals surface area contributed by atoms with Crippen LogP contribution in [0.1, 0.15) is 5.56 Å². The molecule has 17 heavy (non-hydrogen) atoms. The molecular weight excluding hydrogens is 266 g/mol. The third-order valence-electron chi connectivity index (χ3n) is 2.79. The van der Waals surface area contributed by atoms with Gasteiger partial charge in [0.2, 0.25) is 0 Å². The number of carbonyl (C=O) groups is 1. The standard InChI is InChI=1S/C11H11Cl2FN2O/c1-15-4-5-16(11(15)17)6-7-9(14)3-2-8(12)10(7)13/h2-3H,4-6H2,1H3. The van der Waals surface area contributed by atoms with Crippen molar-refractivity contribution in [3.05, 3.63) is 33.6 Å². The molecule has 2 amide bonds. The molecule has 92 valence electrons. The summed E-state index contributed by atoms with van der Waals surface area (Å²) in [7, 11) is 1.71. The molecule has 0 spiro atoms. The Hall–Kier alpha value is -1.00. The zero-order chi connectivity index (χ0) is 12.6. The minimum Gasteiger partial charge on any atom is -0.326 e. The number of benzene rings is 1. The summed E-state index contributed by atoms with van der Waals surface area (Å²) in [5.74, 6) is -0.443. The van der Waals surface area contributed by atoms with Gasteiger partial charge in [-0.25, -0.2) is 9.18 Å². The number of carbonyl (C=O) groups excluding carboxylic acids is 1. The fourth-order valence-corrected chi connectivity index (χ4v) is 2.15. The molecule has 6 heteroatoms. The first-order valence-electron chi connectivity index (χ1n) is 5.13. The van der Waals surface area contributed by atoms with Gasteiger partial charge in [0.25, 0.3) is 0 Å². The minimum atomic E-state index is -0.443. The highest BCUT2D eigenvalue weighted by Crippen LogP contribution is 2.29. The maximum atomic E-state index is 13.6. The summed E-state index contributed by atoms with van der Waals surface area (Å²) in [5.41, 5.74) is 0.266. The molecule has 1 aromatic carbocycles. The van der Waals surface area contributed by atoms with Gasteiger partial charge in [0, 0.05) is 25.7 Å². The highest BCUT2D eigenvalue weighted by Gasteiger charge is 2.27. The van der Waals surface area contributed by atoms with Crippen molar-refractivity contribution in [3.8, 4) is 0 Å². The topological polar surface area (TPSA) is 23.6 Å². The summed E-state index contributed by atoms with van der Waals surface area (Å²) in [4.78, 5) is 14.8. The van der Waals surface area contributed by atoms with Crippen LogP contribution in [0.5, 0.6) is 0 Å². The number of hydrogen-bond donors (Lipinski definition) is 0. The normalized spacial score (nSPS) is 15.9. The first kappa shape index (κ1) is 12.5. The molecule has 0 unspecified atom stereocenters. The molecule has 2 rings (SSSR count). The third kappa shape index (κ3) is 2.33. The van der Waals surface area contributed by atoms with Crippen LogP contribution in [0.4, 0.5) is 9.18 Å². The summed E-state index contributed by atoms with van der Waals surface area (Å²) in [6.07, 6.45) is 0. The molecule has 0 bridgehead atoms. The van der Waals surface area contributed by atoms with Gasteiger partial charge in [-0.3, -0.25) is 0 Å². The van der Waals surface area contributed by atoms with E-state index >= 15 is 0 Å². The second-order valence-corrected chi connectivity index (χ2v) is 4.73. The predicted octanol–water partition coefficient (Wildman–Crippen LogP) is 3.00. The van der Waals surface area contributed by atoms with E-state index in [9.17, 15) is 9.18 Å². The number of nitrogens with zero attached hydrogens (tertiary/aromatic N) is 2. The van der Waals surface area contributed by atoms with Crippen LogP contribution in [0, 0.1) is 5.82 Å². The Bertz CT molecular complexity index is 467. The van der Waals surface area contributed by atoms with Crippen molar-refractivity contribution < 1.29 is 9.18 Å². The fraction of sp³-hybridized carbons (Fsp3) is 0.364. The Morgan fingerprint density at radius 2 is 2.06 bits per heavy atom. The van der Waals surface area contributed by atoms with Crippen LogP contribution >= 0.6 is 23.2 Å². The highest BCUT2D eigenvalue weighted by molar-refractivity contribution is 6.42. The van der Waals surface area contributed by atoms with Crippen LogP contribution in [-0.2, 0) is 6.54 Å². The van der Waals surface area contributed by atoms with Crippen LogP contribution in [0.3, 0.4) is 0 Å². The molecule has 3 nitrogen and oxygen atoms in total. The van der Waals surface area contributed by atoms with Crippen molar-refractivity contribution in [2.24, 2.45) is 0 Å². The van der Waals surface area contributed by atoms with E-state index in [4.69, 9.17) is 23.2 Å². The Morgan fingerprint density at radius 3 is 2.65 bits per heavy atom. The molecule has 1 heterocycles. The van der Waals surface area contributed by atoms with E-state index in [2.05, 4.69) is 0 Å². The van der Waals surface area contributed by atoms with Crippen LogP contribution < -0.4 is 0 Å². The molecule has 1 aromatic rings. The van der Waals surface area contributed by atoms with Crippen molar-refractivity contribution in [3.63, 3.8) is 0 Å². The average Bonchev–Trinajstić information content (AvgIpc) is 2.61. The van der Waals surface area contributed by atoms with E-state index < -0.39 is 5.82 Å². The monoisotopic (exact) mass is 276 g/mol. The van der Waals surface area contributed by atoms with Gasteiger partial charge >= 0.3 is 6.03 Å². The third-order valence-corrected chi connectivity index (χ3v) is 3.63. The Balaban J connectivity index is 2.25. The first-order valence-corrected chi connectivity index (χ1v) is 5.88. The van der Waals surface area contributed by atoms with Crippen molar-refractivity contribution >= 4 is 29.2 Å². The van der Waals surface area contributed by atoms with Crippen LogP contribution in [0.15, 0.2) is 12.1 Å². The number of rotatable bonds is 2. The van der Waals surface area contributed by atoms with Gasteiger partial charge < -0.3 is 9.80 Å². The maximum absolute atomic E-state index is 13.6. The minimum absolute atomic E-state index is 0.125. The van der Waals surface area contributed by atoms with Crippen molar-refractivity contribution in [2.75, 3.05) is 20.1 Å². The van der Waals surface area contributed by atoms with Gasteiger partial charge in [0.15, 0.2) is 0 Å². The number of amides is 2. The molecule has 1 aliphatic heterocycles. The lowest BCUT2D eigenvalue weighted by atomic mass is 10.2. The summed E-state index contributed by atoms with van der Waals surface area (Å²) in [6, 6.07) is 2.54. The first-order chi connectivity index (χ1) is 8.00. The highest BCUT2D eigenvalue weighted by atomic mass is 35.5. The second-order valence-electron chi connectivity index (χ2n) is 3.95. The smallest absolute Gasteiger partial charge is 0.320 e. The lowest BCUT2D eigenvalue weighted by Crippen LogP contribution is -2.29. The predicted molar refractivity (Wildman–Crippen MR) is 64.9 cm³/mol. The number of halogens is 3. The summed E-state index contributed by atoms with van der Waals surface area (Å²) in [6.45, 7) is 1.35. The molecule has 0 atom stereocenters. The van der Waals surface area contributed by atoms with E-state index in [0.717, 1.165) is 0 Å². The van der Waals surface area contributed by atoms with Crippen LogP contribution in [0.25, 0.3) is 0 Å². The molecule has 1 fully saturated rings. The van der Waals surface area contributed by atoms with Gasteiger partial charge in [-0.05, 0) is 12.1 Å². The molecule has 0 N–H and O–H groups in total. The van der Waals surface area contributed by atoms with Gasteiger partial charge in [0.1, 0.15) is 5.82 Å². The van der Waals surface area contributed by atoms with Crippen molar-refractivity contribution in [1.29, 1.82) is 0 Å². The average molecular weight is 277 g/mol. The number of urea groups is 1. The Morgan fingerprint density at radius 1 is 1.35 bits per heavy atom. The molecule has 1 saturated heterocycles. The van der Waals surface area contributed by atoms with Gasteiger partial charge in [-0.2, -0.15) is 0 Å².